The van der Waals surface area contributed by atoms with Crippen molar-refractivity contribution in [2.75, 3.05) is 0 Å². The lowest BCUT2D eigenvalue weighted by atomic mass is 9.98. The number of rotatable bonds is 4. The van der Waals surface area contributed by atoms with Crippen LogP contribution < -0.4 is 5.32 Å². The van der Waals surface area contributed by atoms with Crippen LogP contribution in [0, 0.1) is 5.92 Å². The molecule has 0 saturated carbocycles. The molecule has 5 heteroatoms. The van der Waals surface area contributed by atoms with Crippen molar-refractivity contribution in [2.24, 2.45) is 5.92 Å². The SMILES string of the molecule is C=CC(C)N1C(=O)NC(=O)C(CCC)C1=O. The number of nitrogens with zero attached hydrogens (tertiary/aromatic N) is 1. The normalized spacial score (nSPS) is 23.0. The molecule has 5 nitrogen and oxygen atoms in total. The van der Waals surface area contributed by atoms with E-state index in [1.54, 1.807) is 6.92 Å². The van der Waals surface area contributed by atoms with Crippen LogP contribution in [0.3, 0.4) is 0 Å². The fourth-order valence-electron chi connectivity index (χ4n) is 1.67. The van der Waals surface area contributed by atoms with Gasteiger partial charge in [-0.1, -0.05) is 19.4 Å². The van der Waals surface area contributed by atoms with E-state index >= 15 is 0 Å². The third-order valence-electron chi connectivity index (χ3n) is 2.63. The Labute approximate surface area is 94.5 Å². The molecular formula is C11H16N2O3. The largest absolute Gasteiger partial charge is 0.331 e. The van der Waals surface area contributed by atoms with Gasteiger partial charge in [0, 0.05) is 0 Å². The Hall–Kier alpha value is -1.65. The molecule has 1 heterocycles. The smallest absolute Gasteiger partial charge is 0.277 e. The predicted molar refractivity (Wildman–Crippen MR) is 58.4 cm³/mol. The Bertz CT molecular complexity index is 338. The summed E-state index contributed by atoms with van der Waals surface area (Å²) in [6.45, 7) is 7.11. The lowest BCUT2D eigenvalue weighted by Crippen LogP contribution is -2.60. The van der Waals surface area contributed by atoms with Gasteiger partial charge in [-0.25, -0.2) is 4.79 Å². The molecule has 2 atom stereocenters. The minimum absolute atomic E-state index is 0.403. The lowest BCUT2D eigenvalue weighted by Gasteiger charge is -2.32. The first-order chi connectivity index (χ1) is 7.52. The number of urea groups is 1. The van der Waals surface area contributed by atoms with E-state index in [-0.39, 0.29) is 0 Å². The summed E-state index contributed by atoms with van der Waals surface area (Å²) in [5.74, 6) is -1.67. The molecule has 0 aromatic heterocycles. The van der Waals surface area contributed by atoms with Gasteiger partial charge >= 0.3 is 6.03 Å². The first kappa shape index (κ1) is 12.4. The molecule has 1 rings (SSSR count). The summed E-state index contributed by atoms with van der Waals surface area (Å²) in [4.78, 5) is 35.9. The zero-order chi connectivity index (χ0) is 12.3. The standard InChI is InChI=1S/C11H16N2O3/c1-4-6-8-9(14)12-11(16)13(10(8)15)7(3)5-2/h5,7-8H,2,4,6H2,1,3H3,(H,12,14,16). The van der Waals surface area contributed by atoms with Crippen LogP contribution >= 0.6 is 0 Å². The molecule has 1 fully saturated rings. The van der Waals surface area contributed by atoms with Gasteiger partial charge in [0.05, 0.1) is 6.04 Å². The van der Waals surface area contributed by atoms with Gasteiger partial charge in [-0.05, 0) is 13.3 Å². The molecule has 2 unspecified atom stereocenters. The Balaban J connectivity index is 2.94. The average Bonchev–Trinajstić information content (AvgIpc) is 2.23. The minimum Gasteiger partial charge on any atom is -0.277 e. The second kappa shape index (κ2) is 4.92. The van der Waals surface area contributed by atoms with Crippen molar-refractivity contribution in [3.8, 4) is 0 Å². The number of nitrogens with one attached hydrogen (secondary N) is 1. The third-order valence-corrected chi connectivity index (χ3v) is 2.63. The summed E-state index contributed by atoms with van der Waals surface area (Å²) in [5.41, 5.74) is 0. The Morgan fingerprint density at radius 1 is 1.50 bits per heavy atom. The van der Waals surface area contributed by atoms with E-state index in [1.165, 1.54) is 6.08 Å². The highest BCUT2D eigenvalue weighted by Crippen LogP contribution is 2.18. The van der Waals surface area contributed by atoms with Crippen LogP contribution in [0.15, 0.2) is 12.7 Å². The molecule has 88 valence electrons. The maximum Gasteiger partial charge on any atom is 0.331 e. The number of carbonyl (C=O) groups excluding carboxylic acids is 3. The van der Waals surface area contributed by atoms with Crippen LogP contribution in [0.25, 0.3) is 0 Å². The first-order valence-electron chi connectivity index (χ1n) is 5.33. The van der Waals surface area contributed by atoms with Gasteiger partial charge in [-0.2, -0.15) is 0 Å². The average molecular weight is 224 g/mol. The zero-order valence-corrected chi connectivity index (χ0v) is 9.53. The predicted octanol–water partition coefficient (Wildman–Crippen LogP) is 1.06. The molecule has 0 spiro atoms. The number of amides is 4. The molecule has 1 N–H and O–H groups in total. The van der Waals surface area contributed by atoms with Gasteiger partial charge < -0.3 is 0 Å². The quantitative estimate of drug-likeness (QED) is 0.573. The summed E-state index contributed by atoms with van der Waals surface area (Å²) in [5, 5.41) is 2.19. The molecule has 0 bridgehead atoms. The van der Waals surface area contributed by atoms with Crippen LogP contribution in [-0.4, -0.2) is 28.8 Å². The summed E-state index contributed by atoms with van der Waals surface area (Å²) >= 11 is 0. The van der Waals surface area contributed by atoms with E-state index < -0.39 is 29.8 Å². The molecule has 1 saturated heterocycles. The number of carbonyl (C=O) groups is 3. The maximum absolute atomic E-state index is 11.9. The first-order valence-corrected chi connectivity index (χ1v) is 5.33. The van der Waals surface area contributed by atoms with Crippen LogP contribution in [0.5, 0.6) is 0 Å². The number of imide groups is 2. The highest BCUT2D eigenvalue weighted by molar-refractivity contribution is 6.16. The van der Waals surface area contributed by atoms with Gasteiger partial charge in [0.2, 0.25) is 11.8 Å². The number of barbiturate groups is 1. The summed E-state index contributed by atoms with van der Waals surface area (Å²) in [6, 6.07) is -1.06. The van der Waals surface area contributed by atoms with E-state index in [4.69, 9.17) is 0 Å². The molecule has 1 aliphatic heterocycles. The third kappa shape index (κ3) is 2.13. The van der Waals surface area contributed by atoms with E-state index in [0.717, 1.165) is 4.90 Å². The molecule has 16 heavy (non-hydrogen) atoms. The summed E-state index contributed by atoms with van der Waals surface area (Å²) < 4.78 is 0. The summed E-state index contributed by atoms with van der Waals surface area (Å²) in [7, 11) is 0. The van der Waals surface area contributed by atoms with E-state index in [2.05, 4.69) is 11.9 Å². The highest BCUT2D eigenvalue weighted by atomic mass is 16.2. The maximum atomic E-state index is 11.9. The van der Waals surface area contributed by atoms with E-state index in [9.17, 15) is 14.4 Å². The van der Waals surface area contributed by atoms with Gasteiger partial charge in [0.25, 0.3) is 0 Å². The number of hydrogen-bond acceptors (Lipinski definition) is 3. The van der Waals surface area contributed by atoms with E-state index in [0.29, 0.717) is 12.8 Å². The zero-order valence-electron chi connectivity index (χ0n) is 9.53. The number of hydrogen-bond donors (Lipinski definition) is 1. The van der Waals surface area contributed by atoms with Gasteiger partial charge in [0.1, 0.15) is 5.92 Å². The van der Waals surface area contributed by atoms with Crippen molar-refractivity contribution in [3.63, 3.8) is 0 Å². The topological polar surface area (TPSA) is 66.5 Å². The highest BCUT2D eigenvalue weighted by Gasteiger charge is 2.41. The molecule has 0 aromatic rings. The molecule has 0 radical (unpaired) electrons. The molecule has 0 aromatic carbocycles. The van der Waals surface area contributed by atoms with E-state index in [1.807, 2.05) is 6.92 Å². The monoisotopic (exact) mass is 224 g/mol. The molecular weight excluding hydrogens is 208 g/mol. The molecule has 0 aliphatic carbocycles. The van der Waals surface area contributed by atoms with Crippen molar-refractivity contribution in [3.05, 3.63) is 12.7 Å². The van der Waals surface area contributed by atoms with Crippen LogP contribution in [0.1, 0.15) is 26.7 Å². The molecule has 1 aliphatic rings. The van der Waals surface area contributed by atoms with Crippen molar-refractivity contribution in [1.82, 2.24) is 10.2 Å². The van der Waals surface area contributed by atoms with Crippen LogP contribution in [-0.2, 0) is 9.59 Å². The van der Waals surface area contributed by atoms with Gasteiger partial charge in [-0.3, -0.25) is 19.8 Å². The second-order valence-corrected chi connectivity index (χ2v) is 3.82. The fraction of sp³-hybridized carbons (Fsp3) is 0.545. The Morgan fingerprint density at radius 2 is 2.12 bits per heavy atom. The van der Waals surface area contributed by atoms with Gasteiger partial charge in [-0.15, -0.1) is 6.58 Å². The van der Waals surface area contributed by atoms with Crippen LogP contribution in [0.2, 0.25) is 0 Å². The lowest BCUT2D eigenvalue weighted by molar-refractivity contribution is -0.143. The fourth-order valence-corrected chi connectivity index (χ4v) is 1.67. The van der Waals surface area contributed by atoms with Crippen molar-refractivity contribution < 1.29 is 14.4 Å². The molecule has 4 amide bonds. The second-order valence-electron chi connectivity index (χ2n) is 3.82. The Kier molecular flexibility index (Phi) is 3.82. The minimum atomic E-state index is -0.745. The van der Waals surface area contributed by atoms with Crippen molar-refractivity contribution in [2.45, 2.75) is 32.7 Å². The summed E-state index contributed by atoms with van der Waals surface area (Å²) in [6.07, 6.45) is 2.67. The Morgan fingerprint density at radius 3 is 2.62 bits per heavy atom. The van der Waals surface area contributed by atoms with Crippen LogP contribution in [0.4, 0.5) is 4.79 Å². The van der Waals surface area contributed by atoms with Crippen molar-refractivity contribution >= 4 is 17.8 Å². The van der Waals surface area contributed by atoms with Gasteiger partial charge in [0.15, 0.2) is 0 Å². The van der Waals surface area contributed by atoms with Crippen molar-refractivity contribution in [1.29, 1.82) is 0 Å².